The standard InChI is InChI=1S/C46H29N5O/c1-2-4-16-29(15-3-1)44-47-45(49-46(48-44)51-38-25-11-7-19-32(38)33-20-8-12-26-39(33)51)35-22-14-28-41-42(35)34-21-13-27-40(43(34)52-41)50-36-23-9-5-17-30(36)31-18-6-10-24-37(31)50/h1,3-28H,2H2. The van der Waals surface area contributed by atoms with Crippen LogP contribution < -0.4 is 0 Å². The second kappa shape index (κ2) is 11.2. The van der Waals surface area contributed by atoms with E-state index in [4.69, 9.17) is 19.4 Å². The smallest absolute Gasteiger partial charge is 0.238 e. The predicted molar refractivity (Wildman–Crippen MR) is 212 cm³/mol. The van der Waals surface area contributed by atoms with Crippen molar-refractivity contribution in [2.45, 2.75) is 6.42 Å². The Kier molecular flexibility index (Phi) is 6.21. The highest BCUT2D eigenvalue weighted by atomic mass is 16.3. The molecule has 0 fully saturated rings. The summed E-state index contributed by atoms with van der Waals surface area (Å²) in [7, 11) is 0. The minimum atomic E-state index is 0.565. The molecule has 0 saturated carbocycles. The molecular formula is C46H29N5O. The molecule has 0 N–H and O–H groups in total. The van der Waals surface area contributed by atoms with Gasteiger partial charge in [-0.1, -0.05) is 127 Å². The van der Waals surface area contributed by atoms with Gasteiger partial charge in [0, 0.05) is 43.5 Å². The summed E-state index contributed by atoms with van der Waals surface area (Å²) in [6.45, 7) is 0. The van der Waals surface area contributed by atoms with Crippen molar-refractivity contribution in [3.63, 3.8) is 0 Å². The second-order valence-corrected chi connectivity index (χ2v) is 13.1. The summed E-state index contributed by atoms with van der Waals surface area (Å²) < 4.78 is 11.3. The average molecular weight is 668 g/mol. The van der Waals surface area contributed by atoms with Crippen molar-refractivity contribution >= 4 is 71.1 Å². The molecule has 6 heteroatoms. The van der Waals surface area contributed by atoms with Gasteiger partial charge in [0.15, 0.2) is 17.2 Å². The predicted octanol–water partition coefficient (Wildman–Crippen LogP) is 11.5. The van der Waals surface area contributed by atoms with E-state index >= 15 is 0 Å². The lowest BCUT2D eigenvalue weighted by Gasteiger charge is -2.11. The molecule has 6 aromatic carbocycles. The van der Waals surface area contributed by atoms with E-state index in [1.807, 2.05) is 12.1 Å². The summed E-state index contributed by atoms with van der Waals surface area (Å²) in [6.07, 6.45) is 11.4. The van der Waals surface area contributed by atoms with Crippen LogP contribution in [0.4, 0.5) is 0 Å². The maximum absolute atomic E-state index is 6.82. The first-order valence-electron chi connectivity index (χ1n) is 17.5. The van der Waals surface area contributed by atoms with Crippen LogP contribution in [-0.4, -0.2) is 24.1 Å². The van der Waals surface area contributed by atoms with E-state index in [1.54, 1.807) is 0 Å². The molecule has 4 aromatic heterocycles. The zero-order valence-electron chi connectivity index (χ0n) is 27.9. The van der Waals surface area contributed by atoms with E-state index in [9.17, 15) is 0 Å². The Hall–Kier alpha value is -7.05. The number of allylic oxidation sites excluding steroid dienone is 6. The second-order valence-electron chi connectivity index (χ2n) is 13.1. The average Bonchev–Trinajstić information content (AvgIpc) is 3.77. The lowest BCUT2D eigenvalue weighted by atomic mass is 10.0. The van der Waals surface area contributed by atoms with Crippen molar-refractivity contribution in [3.8, 4) is 23.0 Å². The van der Waals surface area contributed by atoms with Gasteiger partial charge in [0.2, 0.25) is 5.95 Å². The minimum absolute atomic E-state index is 0.565. The van der Waals surface area contributed by atoms with Crippen molar-refractivity contribution < 1.29 is 4.42 Å². The van der Waals surface area contributed by atoms with Crippen molar-refractivity contribution in [1.29, 1.82) is 0 Å². The van der Waals surface area contributed by atoms with Gasteiger partial charge in [-0.2, -0.15) is 9.97 Å². The molecule has 0 aliphatic heterocycles. The Morgan fingerprint density at radius 2 is 1.08 bits per heavy atom. The highest BCUT2D eigenvalue weighted by Crippen LogP contribution is 2.41. The highest BCUT2D eigenvalue weighted by Gasteiger charge is 2.22. The number of rotatable bonds is 4. The number of para-hydroxylation sites is 5. The zero-order valence-corrected chi connectivity index (χ0v) is 27.9. The maximum atomic E-state index is 6.82. The number of nitrogens with zero attached hydrogens (tertiary/aromatic N) is 5. The largest absolute Gasteiger partial charge is 0.454 e. The van der Waals surface area contributed by atoms with Crippen LogP contribution in [0.2, 0.25) is 0 Å². The Labute approximate surface area is 297 Å². The molecule has 0 saturated heterocycles. The van der Waals surface area contributed by atoms with Crippen molar-refractivity contribution in [1.82, 2.24) is 24.1 Å². The summed E-state index contributed by atoms with van der Waals surface area (Å²) in [5.41, 5.74) is 8.74. The molecule has 6 nitrogen and oxygen atoms in total. The van der Waals surface area contributed by atoms with Crippen LogP contribution in [0.3, 0.4) is 0 Å². The van der Waals surface area contributed by atoms with Crippen molar-refractivity contribution in [2.75, 3.05) is 0 Å². The Morgan fingerprint density at radius 3 is 1.75 bits per heavy atom. The molecule has 0 unspecified atom stereocenters. The molecule has 244 valence electrons. The molecular weight excluding hydrogens is 639 g/mol. The zero-order chi connectivity index (χ0) is 34.2. The van der Waals surface area contributed by atoms with Gasteiger partial charge in [-0.15, -0.1) is 0 Å². The van der Waals surface area contributed by atoms with Crippen molar-refractivity contribution in [3.05, 3.63) is 170 Å². The monoisotopic (exact) mass is 667 g/mol. The molecule has 52 heavy (non-hydrogen) atoms. The molecule has 0 atom stereocenters. The van der Waals surface area contributed by atoms with Gasteiger partial charge >= 0.3 is 0 Å². The maximum Gasteiger partial charge on any atom is 0.238 e. The first-order valence-corrected chi connectivity index (χ1v) is 17.5. The lowest BCUT2D eigenvalue weighted by molar-refractivity contribution is 0.666. The third kappa shape index (κ3) is 4.21. The molecule has 1 aliphatic carbocycles. The number of furan rings is 1. The SMILES string of the molecule is C1=CCC=CC(c2nc(-c3cccc4oc5c(-n6c7ccccc7c7ccccc76)cccc5c34)nc(-n3c4ccccc4c4ccccc43)n2)=C1. The summed E-state index contributed by atoms with van der Waals surface area (Å²) in [5.74, 6) is 1.76. The van der Waals surface area contributed by atoms with E-state index < -0.39 is 0 Å². The summed E-state index contributed by atoms with van der Waals surface area (Å²) in [5, 5.41) is 6.69. The number of benzene rings is 6. The van der Waals surface area contributed by atoms with Gasteiger partial charge in [0.1, 0.15) is 5.58 Å². The van der Waals surface area contributed by atoms with Gasteiger partial charge in [-0.3, -0.25) is 4.57 Å². The third-order valence-corrected chi connectivity index (χ3v) is 10.2. The Bertz CT molecular complexity index is 3060. The van der Waals surface area contributed by atoms with E-state index in [0.29, 0.717) is 17.6 Å². The first kappa shape index (κ1) is 28.8. The van der Waals surface area contributed by atoms with Gasteiger partial charge in [-0.05, 0) is 42.8 Å². The molecule has 11 rings (SSSR count). The summed E-state index contributed by atoms with van der Waals surface area (Å²) in [6, 6.07) is 46.5. The minimum Gasteiger partial charge on any atom is -0.454 e. The quantitative estimate of drug-likeness (QED) is 0.187. The van der Waals surface area contributed by atoms with Crippen LogP contribution in [0, 0.1) is 0 Å². The fourth-order valence-electron chi connectivity index (χ4n) is 7.96. The van der Waals surface area contributed by atoms with E-state index in [1.165, 1.54) is 10.8 Å². The normalized spacial score (nSPS) is 13.3. The van der Waals surface area contributed by atoms with Crippen molar-refractivity contribution in [2.24, 2.45) is 0 Å². The number of hydrogen-bond donors (Lipinski definition) is 0. The van der Waals surface area contributed by atoms with Crippen LogP contribution >= 0.6 is 0 Å². The van der Waals surface area contributed by atoms with E-state index in [0.717, 1.165) is 78.0 Å². The summed E-state index contributed by atoms with van der Waals surface area (Å²) in [4.78, 5) is 15.6. The van der Waals surface area contributed by atoms with Gasteiger partial charge < -0.3 is 8.98 Å². The third-order valence-electron chi connectivity index (χ3n) is 10.2. The Balaban J connectivity index is 1.20. The van der Waals surface area contributed by atoms with Crippen LogP contribution in [-0.2, 0) is 0 Å². The topological polar surface area (TPSA) is 61.7 Å². The fraction of sp³-hybridized carbons (Fsp3) is 0.0217. The molecule has 0 spiro atoms. The highest BCUT2D eigenvalue weighted by molar-refractivity contribution is 6.16. The van der Waals surface area contributed by atoms with E-state index in [-0.39, 0.29) is 0 Å². The first-order chi connectivity index (χ1) is 25.8. The Morgan fingerprint density at radius 1 is 0.500 bits per heavy atom. The van der Waals surface area contributed by atoms with E-state index in [2.05, 4.69) is 161 Å². The van der Waals surface area contributed by atoms with Crippen LogP contribution in [0.25, 0.3) is 94.1 Å². The van der Waals surface area contributed by atoms with Gasteiger partial charge in [0.25, 0.3) is 0 Å². The lowest BCUT2D eigenvalue weighted by Crippen LogP contribution is -2.08. The molecule has 0 bridgehead atoms. The number of fused-ring (bicyclic) bond motifs is 9. The number of hydrogen-bond acceptors (Lipinski definition) is 4. The molecule has 0 amide bonds. The molecule has 4 heterocycles. The number of aromatic nitrogens is 5. The van der Waals surface area contributed by atoms with Gasteiger partial charge in [-0.25, -0.2) is 4.98 Å². The summed E-state index contributed by atoms with van der Waals surface area (Å²) >= 11 is 0. The van der Waals surface area contributed by atoms with Gasteiger partial charge in [0.05, 0.1) is 27.8 Å². The van der Waals surface area contributed by atoms with Crippen LogP contribution in [0.1, 0.15) is 12.2 Å². The molecule has 0 radical (unpaired) electrons. The molecule has 1 aliphatic rings. The van der Waals surface area contributed by atoms with Crippen LogP contribution in [0.5, 0.6) is 0 Å². The fourth-order valence-corrected chi connectivity index (χ4v) is 7.96. The van der Waals surface area contributed by atoms with Crippen LogP contribution in [0.15, 0.2) is 168 Å². The molecule has 10 aromatic rings.